The summed E-state index contributed by atoms with van der Waals surface area (Å²) in [6.45, 7) is 5.87. The van der Waals surface area contributed by atoms with E-state index in [9.17, 15) is 4.79 Å². The molecule has 2 bridgehead atoms. The summed E-state index contributed by atoms with van der Waals surface area (Å²) in [6, 6.07) is 1.99. The van der Waals surface area contributed by atoms with Crippen molar-refractivity contribution in [3.8, 4) is 0 Å². The highest BCUT2D eigenvalue weighted by molar-refractivity contribution is 5.81. The van der Waals surface area contributed by atoms with Gasteiger partial charge in [-0.15, -0.1) is 0 Å². The van der Waals surface area contributed by atoms with E-state index in [0.29, 0.717) is 19.0 Å². The van der Waals surface area contributed by atoms with Gasteiger partial charge in [-0.2, -0.15) is 0 Å². The third-order valence-electron chi connectivity index (χ3n) is 5.14. The zero-order valence-electron chi connectivity index (χ0n) is 14.0. The number of aromatic nitrogens is 3. The average Bonchev–Trinajstić information content (AvgIpc) is 2.79. The predicted molar refractivity (Wildman–Crippen MR) is 87.3 cm³/mol. The maximum atomic E-state index is 12.9. The fourth-order valence-corrected chi connectivity index (χ4v) is 3.76. The van der Waals surface area contributed by atoms with Crippen molar-refractivity contribution in [2.24, 2.45) is 5.92 Å². The number of carbonyl (C=O) groups excluding carboxylic acids is 1. The smallest absolute Gasteiger partial charge is 0.228 e. The Bertz CT molecular complexity index is 725. The molecule has 3 fully saturated rings. The standard InChI is InChI=1S/C17H21N5O2/c1-11-15(12(2)24-20-11)10-22-14-5-4-13(16(22)23)8-21(9-14)17-18-6-3-7-19-17/h3,6-7,13-14H,4-5,8-10H2,1-2H3/t13-,14+/m1/s1. The second kappa shape index (κ2) is 5.89. The van der Waals surface area contributed by atoms with Crippen molar-refractivity contribution in [3.05, 3.63) is 35.5 Å². The summed E-state index contributed by atoms with van der Waals surface area (Å²) in [5.74, 6) is 1.74. The maximum absolute atomic E-state index is 12.9. The lowest BCUT2D eigenvalue weighted by atomic mass is 9.93. The highest BCUT2D eigenvalue weighted by Gasteiger charge is 2.41. The van der Waals surface area contributed by atoms with Gasteiger partial charge >= 0.3 is 0 Å². The quantitative estimate of drug-likeness (QED) is 0.854. The van der Waals surface area contributed by atoms with E-state index >= 15 is 0 Å². The minimum atomic E-state index is 0.00743. The Balaban J connectivity index is 1.60. The van der Waals surface area contributed by atoms with Crippen LogP contribution in [0.3, 0.4) is 0 Å². The zero-order chi connectivity index (χ0) is 16.7. The Morgan fingerprint density at radius 1 is 1.21 bits per heavy atom. The summed E-state index contributed by atoms with van der Waals surface area (Å²) in [4.78, 5) is 25.8. The third kappa shape index (κ3) is 2.53. The lowest BCUT2D eigenvalue weighted by molar-refractivity contribution is -0.140. The number of piperidine rings is 1. The van der Waals surface area contributed by atoms with Crippen molar-refractivity contribution in [2.45, 2.75) is 39.3 Å². The van der Waals surface area contributed by atoms with Gasteiger partial charge in [-0.3, -0.25) is 4.79 Å². The molecule has 0 spiro atoms. The van der Waals surface area contributed by atoms with Crippen LogP contribution in [0.4, 0.5) is 5.95 Å². The first-order valence-electron chi connectivity index (χ1n) is 8.37. The lowest BCUT2D eigenvalue weighted by Gasteiger charge is -2.35. The average molecular weight is 327 g/mol. The summed E-state index contributed by atoms with van der Waals surface area (Å²) in [5, 5.41) is 4.01. The fourth-order valence-electron chi connectivity index (χ4n) is 3.76. The van der Waals surface area contributed by atoms with E-state index in [-0.39, 0.29) is 17.9 Å². The molecule has 5 heterocycles. The number of nitrogens with zero attached hydrogens (tertiary/aromatic N) is 5. The Morgan fingerprint density at radius 2 is 2.00 bits per heavy atom. The van der Waals surface area contributed by atoms with Crippen molar-refractivity contribution >= 4 is 11.9 Å². The Hall–Kier alpha value is -2.44. The van der Waals surface area contributed by atoms with E-state index < -0.39 is 0 Å². The number of amides is 1. The predicted octanol–water partition coefficient (Wildman–Crippen LogP) is 1.71. The number of rotatable bonds is 3. The molecule has 24 heavy (non-hydrogen) atoms. The van der Waals surface area contributed by atoms with Crippen LogP contribution in [0, 0.1) is 19.8 Å². The third-order valence-corrected chi connectivity index (χ3v) is 5.14. The van der Waals surface area contributed by atoms with Crippen LogP contribution < -0.4 is 4.90 Å². The highest BCUT2D eigenvalue weighted by atomic mass is 16.5. The van der Waals surface area contributed by atoms with Crippen LogP contribution in [0.2, 0.25) is 0 Å². The van der Waals surface area contributed by atoms with Crippen LogP contribution in [0.5, 0.6) is 0 Å². The molecule has 3 saturated heterocycles. The summed E-state index contributed by atoms with van der Waals surface area (Å²) in [5.41, 5.74) is 1.89. The molecule has 7 nitrogen and oxygen atoms in total. The van der Waals surface area contributed by atoms with Crippen LogP contribution in [0.25, 0.3) is 0 Å². The number of hydrogen-bond acceptors (Lipinski definition) is 6. The van der Waals surface area contributed by atoms with Crippen LogP contribution >= 0.6 is 0 Å². The molecule has 1 amide bonds. The first-order chi connectivity index (χ1) is 11.6. The molecular formula is C17H21N5O2. The van der Waals surface area contributed by atoms with Crippen molar-refractivity contribution in [1.82, 2.24) is 20.0 Å². The fraction of sp³-hybridized carbons (Fsp3) is 0.529. The molecule has 3 aliphatic heterocycles. The molecule has 0 N–H and O–H groups in total. The van der Waals surface area contributed by atoms with Gasteiger partial charge in [0.2, 0.25) is 11.9 Å². The van der Waals surface area contributed by atoms with Gasteiger partial charge in [-0.25, -0.2) is 9.97 Å². The van der Waals surface area contributed by atoms with E-state index in [1.165, 1.54) is 0 Å². The minimum Gasteiger partial charge on any atom is -0.361 e. The molecule has 2 aromatic heterocycles. The zero-order valence-corrected chi connectivity index (χ0v) is 14.0. The SMILES string of the molecule is Cc1noc(C)c1CN1C(=O)[C@@H]2CC[C@H]1CN(c1ncccn1)C2. The molecule has 7 heteroatoms. The maximum Gasteiger partial charge on any atom is 0.228 e. The number of anilines is 1. The van der Waals surface area contributed by atoms with Crippen LogP contribution in [0.15, 0.2) is 23.0 Å². The molecule has 0 saturated carbocycles. The van der Waals surface area contributed by atoms with E-state index in [1.54, 1.807) is 12.4 Å². The number of fused-ring (bicyclic) bond motifs is 4. The summed E-state index contributed by atoms with van der Waals surface area (Å²) in [7, 11) is 0. The molecule has 0 unspecified atom stereocenters. The Labute approximate surface area is 140 Å². The Kier molecular flexibility index (Phi) is 3.70. The van der Waals surface area contributed by atoms with Gasteiger partial charge in [0, 0.05) is 37.1 Å². The van der Waals surface area contributed by atoms with Crippen molar-refractivity contribution in [1.29, 1.82) is 0 Å². The summed E-state index contributed by atoms with van der Waals surface area (Å²) < 4.78 is 5.26. The summed E-state index contributed by atoms with van der Waals surface area (Å²) >= 11 is 0. The van der Waals surface area contributed by atoms with E-state index in [2.05, 4.69) is 20.0 Å². The number of hydrogen-bond donors (Lipinski definition) is 0. The van der Waals surface area contributed by atoms with Gasteiger partial charge in [0.05, 0.1) is 18.2 Å². The van der Waals surface area contributed by atoms with Crippen molar-refractivity contribution < 1.29 is 9.32 Å². The molecule has 0 aromatic carbocycles. The molecule has 0 aliphatic carbocycles. The monoisotopic (exact) mass is 327 g/mol. The first-order valence-corrected chi connectivity index (χ1v) is 8.37. The minimum absolute atomic E-state index is 0.00743. The van der Waals surface area contributed by atoms with Crippen molar-refractivity contribution in [3.63, 3.8) is 0 Å². The molecule has 126 valence electrons. The van der Waals surface area contributed by atoms with E-state index in [4.69, 9.17) is 4.52 Å². The van der Waals surface area contributed by atoms with Gasteiger partial charge in [0.25, 0.3) is 0 Å². The van der Waals surface area contributed by atoms with Gasteiger partial charge in [-0.05, 0) is 32.8 Å². The molecule has 2 aromatic rings. The molecule has 5 rings (SSSR count). The normalized spacial score (nSPS) is 23.7. The molecule has 3 aliphatic rings. The largest absolute Gasteiger partial charge is 0.361 e. The van der Waals surface area contributed by atoms with Gasteiger partial charge < -0.3 is 14.3 Å². The van der Waals surface area contributed by atoms with Gasteiger partial charge in [0.1, 0.15) is 5.76 Å². The van der Waals surface area contributed by atoms with E-state index in [1.807, 2.05) is 24.8 Å². The highest BCUT2D eigenvalue weighted by Crippen LogP contribution is 2.32. The van der Waals surface area contributed by atoms with E-state index in [0.717, 1.165) is 36.4 Å². The molecule has 0 radical (unpaired) electrons. The molecular weight excluding hydrogens is 306 g/mol. The van der Waals surface area contributed by atoms with Crippen LogP contribution in [0.1, 0.15) is 29.9 Å². The second-order valence-corrected chi connectivity index (χ2v) is 6.65. The number of aryl methyl sites for hydroxylation is 2. The Morgan fingerprint density at radius 3 is 2.71 bits per heavy atom. The van der Waals surface area contributed by atoms with Gasteiger partial charge in [0.15, 0.2) is 0 Å². The second-order valence-electron chi connectivity index (χ2n) is 6.65. The van der Waals surface area contributed by atoms with Crippen molar-refractivity contribution in [2.75, 3.05) is 18.0 Å². The molecule has 2 atom stereocenters. The summed E-state index contributed by atoms with van der Waals surface area (Å²) in [6.07, 6.45) is 5.45. The first kappa shape index (κ1) is 15.1. The van der Waals surface area contributed by atoms with Crippen LogP contribution in [-0.2, 0) is 11.3 Å². The van der Waals surface area contributed by atoms with Crippen LogP contribution in [-0.4, -0.2) is 45.1 Å². The lowest BCUT2D eigenvalue weighted by Crippen LogP contribution is -2.47. The van der Waals surface area contributed by atoms with Gasteiger partial charge in [-0.1, -0.05) is 5.16 Å². The number of carbonyl (C=O) groups is 1. The topological polar surface area (TPSA) is 75.4 Å².